The van der Waals surface area contributed by atoms with Gasteiger partial charge in [-0.3, -0.25) is 14.4 Å². The fourth-order valence-corrected chi connectivity index (χ4v) is 2.76. The van der Waals surface area contributed by atoms with Crippen molar-refractivity contribution in [3.05, 3.63) is 18.0 Å². The number of rotatable bonds is 4. The van der Waals surface area contributed by atoms with E-state index in [0.29, 0.717) is 0 Å². The van der Waals surface area contributed by atoms with E-state index in [-0.39, 0.29) is 11.3 Å². The van der Waals surface area contributed by atoms with Crippen LogP contribution in [0.3, 0.4) is 0 Å². The van der Waals surface area contributed by atoms with E-state index in [1.165, 1.54) is 19.3 Å². The number of likely N-dealkylation sites (tertiary alicyclic amines) is 1. The summed E-state index contributed by atoms with van der Waals surface area (Å²) in [6, 6.07) is 0. The summed E-state index contributed by atoms with van der Waals surface area (Å²) in [5.74, 6) is 0.208. The number of hydrogen-bond donors (Lipinski definition) is 0. The third-order valence-electron chi connectivity index (χ3n) is 4.20. The molecule has 0 saturated carbocycles. The first-order chi connectivity index (χ1) is 8.58. The van der Waals surface area contributed by atoms with Crippen molar-refractivity contribution >= 4 is 5.78 Å². The van der Waals surface area contributed by atoms with Crippen molar-refractivity contribution in [2.45, 2.75) is 45.1 Å². The van der Waals surface area contributed by atoms with E-state index < -0.39 is 0 Å². The molecule has 0 N–H and O–H groups in total. The number of aryl methyl sites for hydroxylation is 1. The van der Waals surface area contributed by atoms with Gasteiger partial charge < -0.3 is 0 Å². The Morgan fingerprint density at radius 3 is 2.56 bits per heavy atom. The number of piperidine rings is 1. The van der Waals surface area contributed by atoms with Crippen molar-refractivity contribution in [2.75, 3.05) is 13.1 Å². The van der Waals surface area contributed by atoms with E-state index in [2.05, 4.69) is 23.8 Å². The van der Waals surface area contributed by atoms with Gasteiger partial charge in [0.2, 0.25) is 0 Å². The monoisotopic (exact) mass is 249 g/mol. The molecule has 1 fully saturated rings. The lowest BCUT2D eigenvalue weighted by Gasteiger charge is -2.41. The van der Waals surface area contributed by atoms with Gasteiger partial charge in [0.05, 0.1) is 17.3 Å². The van der Waals surface area contributed by atoms with Gasteiger partial charge in [-0.05, 0) is 39.3 Å². The zero-order valence-corrected chi connectivity index (χ0v) is 11.6. The molecular formula is C14H23N3O. The molecule has 100 valence electrons. The highest BCUT2D eigenvalue weighted by molar-refractivity contribution is 6.02. The molecule has 18 heavy (non-hydrogen) atoms. The molecule has 4 nitrogen and oxygen atoms in total. The second-order valence-corrected chi connectivity index (χ2v) is 5.41. The van der Waals surface area contributed by atoms with Crippen molar-refractivity contribution < 1.29 is 4.79 Å². The Labute approximate surface area is 109 Å². The molecule has 0 spiro atoms. The summed E-state index contributed by atoms with van der Waals surface area (Å²) in [5, 5.41) is 4.11. The first-order valence-corrected chi connectivity index (χ1v) is 6.86. The third-order valence-corrected chi connectivity index (χ3v) is 4.20. The predicted molar refractivity (Wildman–Crippen MR) is 71.7 cm³/mol. The molecule has 2 rings (SSSR count). The molecule has 1 aliphatic rings. The molecule has 2 heterocycles. The Morgan fingerprint density at radius 2 is 2.06 bits per heavy atom. The zero-order valence-electron chi connectivity index (χ0n) is 11.6. The minimum Gasteiger partial charge on any atom is -0.292 e. The van der Waals surface area contributed by atoms with Crippen LogP contribution in [-0.4, -0.2) is 39.1 Å². The lowest BCUT2D eigenvalue weighted by molar-refractivity contribution is 0.0505. The fraction of sp³-hybridized carbons (Fsp3) is 0.714. The summed E-state index contributed by atoms with van der Waals surface area (Å²) >= 11 is 0. The molecule has 0 aromatic carbocycles. The van der Waals surface area contributed by atoms with Crippen LogP contribution in [0.4, 0.5) is 0 Å². The normalized spacial score (nSPS) is 20.6. The Bertz CT molecular complexity index is 420. The maximum absolute atomic E-state index is 12.7. The van der Waals surface area contributed by atoms with Crippen LogP contribution >= 0.6 is 0 Å². The van der Waals surface area contributed by atoms with E-state index in [9.17, 15) is 4.79 Å². The van der Waals surface area contributed by atoms with E-state index in [4.69, 9.17) is 0 Å². The third kappa shape index (κ3) is 2.34. The van der Waals surface area contributed by atoms with E-state index in [0.717, 1.165) is 25.1 Å². The van der Waals surface area contributed by atoms with Crippen molar-refractivity contribution in [1.29, 1.82) is 0 Å². The number of Topliss-reactive ketones (excluding diaryl/α,β-unsaturated/α-hetero) is 1. The summed E-state index contributed by atoms with van der Waals surface area (Å²) < 4.78 is 1.69. The summed E-state index contributed by atoms with van der Waals surface area (Å²) in [6.07, 6.45) is 8.05. The summed E-state index contributed by atoms with van der Waals surface area (Å²) in [6.45, 7) is 6.25. The quantitative estimate of drug-likeness (QED) is 0.768. The Morgan fingerprint density at radius 1 is 1.39 bits per heavy atom. The number of hydrogen-bond acceptors (Lipinski definition) is 3. The minimum absolute atomic E-state index is 0.208. The van der Waals surface area contributed by atoms with Gasteiger partial charge in [-0.1, -0.05) is 13.3 Å². The second-order valence-electron chi connectivity index (χ2n) is 5.41. The van der Waals surface area contributed by atoms with Gasteiger partial charge in [0.25, 0.3) is 0 Å². The molecule has 1 atom stereocenters. The maximum Gasteiger partial charge on any atom is 0.185 e. The molecule has 1 saturated heterocycles. The van der Waals surface area contributed by atoms with Gasteiger partial charge in [-0.2, -0.15) is 5.10 Å². The van der Waals surface area contributed by atoms with Crippen LogP contribution in [0.1, 0.15) is 49.9 Å². The van der Waals surface area contributed by atoms with Crippen molar-refractivity contribution in [2.24, 2.45) is 7.05 Å². The average Bonchev–Trinajstić information content (AvgIpc) is 2.84. The molecule has 0 bridgehead atoms. The van der Waals surface area contributed by atoms with Crippen LogP contribution in [0.2, 0.25) is 0 Å². The SMILES string of the molecule is CCC(C)(C(=O)c1cnn(C)c1)N1CCCCC1. The van der Waals surface area contributed by atoms with Crippen molar-refractivity contribution in [3.63, 3.8) is 0 Å². The van der Waals surface area contributed by atoms with Crippen LogP contribution in [0.15, 0.2) is 12.4 Å². The van der Waals surface area contributed by atoms with Gasteiger partial charge in [0.1, 0.15) is 0 Å². The number of carbonyl (C=O) groups is 1. The van der Waals surface area contributed by atoms with E-state index in [1.807, 2.05) is 13.2 Å². The van der Waals surface area contributed by atoms with Gasteiger partial charge in [-0.25, -0.2) is 0 Å². The molecule has 1 unspecified atom stereocenters. The lowest BCUT2D eigenvalue weighted by atomic mass is 9.86. The van der Waals surface area contributed by atoms with Crippen LogP contribution in [-0.2, 0) is 7.05 Å². The number of nitrogens with zero attached hydrogens (tertiary/aromatic N) is 3. The molecule has 1 aliphatic heterocycles. The highest BCUT2D eigenvalue weighted by Crippen LogP contribution is 2.27. The first-order valence-electron chi connectivity index (χ1n) is 6.86. The smallest absolute Gasteiger partial charge is 0.185 e. The molecular weight excluding hydrogens is 226 g/mol. The highest BCUT2D eigenvalue weighted by Gasteiger charge is 2.38. The van der Waals surface area contributed by atoms with E-state index in [1.54, 1.807) is 10.9 Å². The van der Waals surface area contributed by atoms with Crippen LogP contribution in [0, 0.1) is 0 Å². The second kappa shape index (κ2) is 5.22. The number of ketones is 1. The molecule has 0 amide bonds. The molecule has 0 radical (unpaired) electrons. The van der Waals surface area contributed by atoms with Gasteiger partial charge in [0, 0.05) is 13.2 Å². The number of aromatic nitrogens is 2. The van der Waals surface area contributed by atoms with E-state index >= 15 is 0 Å². The van der Waals surface area contributed by atoms with Gasteiger partial charge >= 0.3 is 0 Å². The summed E-state index contributed by atoms with van der Waals surface area (Å²) in [4.78, 5) is 15.1. The van der Waals surface area contributed by atoms with Crippen LogP contribution in [0.5, 0.6) is 0 Å². The van der Waals surface area contributed by atoms with Gasteiger partial charge in [0.15, 0.2) is 5.78 Å². The predicted octanol–water partition coefficient (Wildman–Crippen LogP) is 2.26. The largest absolute Gasteiger partial charge is 0.292 e. The van der Waals surface area contributed by atoms with Crippen molar-refractivity contribution in [3.8, 4) is 0 Å². The molecule has 1 aromatic rings. The summed E-state index contributed by atoms with van der Waals surface area (Å²) in [7, 11) is 1.85. The number of carbonyl (C=O) groups excluding carboxylic acids is 1. The minimum atomic E-state index is -0.372. The van der Waals surface area contributed by atoms with Crippen LogP contribution in [0.25, 0.3) is 0 Å². The summed E-state index contributed by atoms with van der Waals surface area (Å²) in [5.41, 5.74) is 0.358. The lowest BCUT2D eigenvalue weighted by Crippen LogP contribution is -2.53. The fourth-order valence-electron chi connectivity index (χ4n) is 2.76. The molecule has 0 aliphatic carbocycles. The van der Waals surface area contributed by atoms with Gasteiger partial charge in [-0.15, -0.1) is 0 Å². The molecule has 4 heteroatoms. The molecule has 1 aromatic heterocycles. The first kappa shape index (κ1) is 13.3. The standard InChI is InChI=1S/C14H23N3O/c1-4-14(2,17-8-6-5-7-9-17)13(18)12-10-15-16(3)11-12/h10-11H,4-9H2,1-3H3. The maximum atomic E-state index is 12.7. The topological polar surface area (TPSA) is 38.1 Å². The van der Waals surface area contributed by atoms with Crippen molar-refractivity contribution in [1.82, 2.24) is 14.7 Å². The average molecular weight is 249 g/mol. The Balaban J connectivity index is 2.22. The Hall–Kier alpha value is -1.16. The highest BCUT2D eigenvalue weighted by atomic mass is 16.1. The van der Waals surface area contributed by atoms with Crippen LogP contribution < -0.4 is 0 Å². The Kier molecular flexibility index (Phi) is 3.85. The zero-order chi connectivity index (χ0) is 13.2.